The summed E-state index contributed by atoms with van der Waals surface area (Å²) in [6.07, 6.45) is -1.48. The minimum absolute atomic E-state index is 0.251. The highest BCUT2D eigenvalue weighted by Gasteiger charge is 2.61. The van der Waals surface area contributed by atoms with Gasteiger partial charge in [-0.05, 0) is 62.9 Å². The molecule has 2 aliphatic rings. The molecular weight excluding hydrogens is 741 g/mol. The maximum Gasteiger partial charge on any atom is 0.226 e. The summed E-state index contributed by atoms with van der Waals surface area (Å²) < 4.78 is 43.3. The summed E-state index contributed by atoms with van der Waals surface area (Å²) >= 11 is 1.76. The summed E-state index contributed by atoms with van der Waals surface area (Å²) in [6.45, 7) is 4.28. The van der Waals surface area contributed by atoms with Gasteiger partial charge >= 0.3 is 0 Å². The lowest BCUT2D eigenvalue weighted by Crippen LogP contribution is -2.65. The summed E-state index contributed by atoms with van der Waals surface area (Å²) in [4.78, 5) is 0. The van der Waals surface area contributed by atoms with E-state index in [9.17, 15) is 0 Å². The van der Waals surface area contributed by atoms with Crippen LogP contribution in [0.5, 0.6) is 0 Å². The smallest absolute Gasteiger partial charge is 0.226 e. The van der Waals surface area contributed by atoms with E-state index < -0.39 is 30.2 Å². The third-order valence-corrected chi connectivity index (χ3v) is 12.2. The van der Waals surface area contributed by atoms with Crippen LogP contribution in [0, 0.1) is 0 Å². The van der Waals surface area contributed by atoms with Crippen LogP contribution >= 0.6 is 11.3 Å². The Balaban J connectivity index is 1.15. The molecule has 1 aromatic heterocycles. The Kier molecular flexibility index (Phi) is 11.9. The van der Waals surface area contributed by atoms with E-state index in [1.54, 1.807) is 11.3 Å². The second kappa shape index (κ2) is 17.9. The summed E-state index contributed by atoms with van der Waals surface area (Å²) in [5.74, 6) is -1.32. The topological polar surface area (TPSA) is 55.4 Å². The number of aryl methyl sites for hydroxylation is 1. The lowest BCUT2D eigenvalue weighted by molar-refractivity contribution is -0.387. The third-order valence-electron chi connectivity index (χ3n) is 11.2. The van der Waals surface area contributed by atoms with Crippen LogP contribution in [0.1, 0.15) is 45.9 Å². The highest BCUT2D eigenvalue weighted by molar-refractivity contribution is 7.17. The molecule has 6 nitrogen and oxygen atoms in total. The van der Waals surface area contributed by atoms with Crippen LogP contribution < -0.4 is 0 Å². The Bertz CT molecular complexity index is 2370. The predicted molar refractivity (Wildman–Crippen MR) is 229 cm³/mol. The van der Waals surface area contributed by atoms with Gasteiger partial charge in [0.2, 0.25) is 5.79 Å². The fraction of sp³-hybridized carbons (Fsp3) is 0.255. The number of benzene rings is 6. The summed E-state index contributed by atoms with van der Waals surface area (Å²) in [6, 6.07) is 54.4. The van der Waals surface area contributed by atoms with Gasteiger partial charge in [0.15, 0.2) is 0 Å². The molecule has 58 heavy (non-hydrogen) atoms. The normalized spacial score (nSPS) is 21.4. The molecule has 0 amide bonds. The predicted octanol–water partition coefficient (Wildman–Crippen LogP) is 11.2. The zero-order valence-electron chi connectivity index (χ0n) is 32.7. The van der Waals surface area contributed by atoms with E-state index in [1.807, 2.05) is 72.8 Å². The minimum Gasteiger partial charge on any atom is -0.374 e. The average molecular weight is 789 g/mol. The van der Waals surface area contributed by atoms with E-state index in [4.69, 9.17) is 28.4 Å². The molecule has 0 saturated carbocycles. The Morgan fingerprint density at radius 1 is 0.603 bits per heavy atom. The van der Waals surface area contributed by atoms with Crippen molar-refractivity contribution in [1.82, 2.24) is 0 Å². The molecule has 5 atom stereocenters. The van der Waals surface area contributed by atoms with Gasteiger partial charge in [0, 0.05) is 21.2 Å². The van der Waals surface area contributed by atoms with Crippen molar-refractivity contribution >= 4 is 21.4 Å². The van der Waals surface area contributed by atoms with Crippen molar-refractivity contribution in [2.45, 2.75) is 76.6 Å². The Hall–Kier alpha value is -4.96. The lowest BCUT2D eigenvalue weighted by Gasteiger charge is -2.51. The molecule has 294 valence electrons. The zero-order chi connectivity index (χ0) is 39.2. The van der Waals surface area contributed by atoms with Gasteiger partial charge in [0.05, 0.1) is 39.6 Å². The molecule has 7 heteroatoms. The summed E-state index contributed by atoms with van der Waals surface area (Å²) in [5.41, 5.74) is 9.94. The SMILES string of the molecule is CCc1ccc(-c2csc3cc4c(cc23)[C@]2(OC4)O[C@H](COCc3ccccc3)[C@H](OCc3ccccc3)[C@H](OCc3ccccc3)[C@H]2OCc2ccccc2)cc1. The standard InChI is InChI=1S/C51H48O6S/c1-2-36-23-25-41(26-24-36)44-35-58-47-27-42-33-56-51(45(42)28-43(44)47)50(55-32-40-21-13-6-14-22-40)49(54-31-39-19-11-5-12-20-39)48(53-30-38-17-9-4-10-18-38)46(57-51)34-52-29-37-15-7-3-8-16-37/h3-28,35,46,48-50H,2,29-34H2,1H3/t46-,48+,49+,50-,51+/m1/s1. The van der Waals surface area contributed by atoms with E-state index >= 15 is 0 Å². The molecule has 1 saturated heterocycles. The van der Waals surface area contributed by atoms with Crippen molar-refractivity contribution in [1.29, 1.82) is 0 Å². The average Bonchev–Trinajstić information content (AvgIpc) is 3.86. The quantitative estimate of drug-likeness (QED) is 0.103. The number of hydrogen-bond donors (Lipinski definition) is 0. The zero-order valence-corrected chi connectivity index (χ0v) is 33.5. The second-order valence-corrected chi connectivity index (χ2v) is 16.0. The molecule has 2 aliphatic heterocycles. The Labute approximate surface area is 344 Å². The molecule has 9 rings (SSSR count). The molecule has 1 spiro atoms. The Morgan fingerprint density at radius 3 is 1.74 bits per heavy atom. The van der Waals surface area contributed by atoms with Crippen LogP contribution in [0.3, 0.4) is 0 Å². The second-order valence-electron chi connectivity index (χ2n) is 15.1. The largest absolute Gasteiger partial charge is 0.374 e. The van der Waals surface area contributed by atoms with E-state index in [0.29, 0.717) is 33.0 Å². The van der Waals surface area contributed by atoms with Crippen molar-refractivity contribution in [3.8, 4) is 11.1 Å². The molecule has 0 radical (unpaired) electrons. The number of ether oxygens (including phenoxy) is 6. The molecule has 7 aromatic rings. The van der Waals surface area contributed by atoms with Gasteiger partial charge in [-0.25, -0.2) is 0 Å². The number of thiophene rings is 1. The van der Waals surface area contributed by atoms with Crippen LogP contribution in [0.15, 0.2) is 163 Å². The van der Waals surface area contributed by atoms with Gasteiger partial charge in [-0.1, -0.05) is 153 Å². The first-order valence-electron chi connectivity index (χ1n) is 20.2. The number of hydrogen-bond acceptors (Lipinski definition) is 7. The first-order valence-corrected chi connectivity index (χ1v) is 21.1. The van der Waals surface area contributed by atoms with Crippen molar-refractivity contribution in [3.05, 3.63) is 202 Å². The maximum absolute atomic E-state index is 7.41. The van der Waals surface area contributed by atoms with Crippen LogP contribution in [0.4, 0.5) is 0 Å². The van der Waals surface area contributed by atoms with Gasteiger partial charge in [-0.15, -0.1) is 11.3 Å². The lowest BCUT2D eigenvalue weighted by atomic mass is 9.86. The molecule has 0 unspecified atom stereocenters. The molecule has 0 N–H and O–H groups in total. The van der Waals surface area contributed by atoms with Gasteiger partial charge in [0.25, 0.3) is 0 Å². The molecule has 6 aromatic carbocycles. The molecule has 3 heterocycles. The first-order chi connectivity index (χ1) is 28.7. The minimum atomic E-state index is -1.32. The van der Waals surface area contributed by atoms with Crippen molar-refractivity contribution in [2.24, 2.45) is 0 Å². The monoisotopic (exact) mass is 788 g/mol. The summed E-state index contributed by atoms with van der Waals surface area (Å²) in [5, 5.41) is 3.42. The molecular formula is C51H48O6S. The molecule has 1 fully saturated rings. The van der Waals surface area contributed by atoms with Gasteiger partial charge in [-0.3, -0.25) is 0 Å². The highest BCUT2D eigenvalue weighted by Crippen LogP contribution is 2.51. The fourth-order valence-corrected chi connectivity index (χ4v) is 9.15. The van der Waals surface area contributed by atoms with E-state index in [0.717, 1.165) is 45.2 Å². The first kappa shape index (κ1) is 38.6. The van der Waals surface area contributed by atoms with Gasteiger partial charge in [0.1, 0.15) is 24.4 Å². The van der Waals surface area contributed by atoms with Crippen LogP contribution in [-0.2, 0) is 73.7 Å². The van der Waals surface area contributed by atoms with Crippen molar-refractivity contribution in [3.63, 3.8) is 0 Å². The number of fused-ring (bicyclic) bond motifs is 3. The van der Waals surface area contributed by atoms with E-state index in [1.165, 1.54) is 21.4 Å². The molecule has 0 aliphatic carbocycles. The van der Waals surface area contributed by atoms with Gasteiger partial charge in [-0.2, -0.15) is 0 Å². The van der Waals surface area contributed by atoms with E-state index in [-0.39, 0.29) is 6.61 Å². The Morgan fingerprint density at radius 2 is 1.16 bits per heavy atom. The van der Waals surface area contributed by atoms with Crippen LogP contribution in [-0.4, -0.2) is 31.0 Å². The maximum atomic E-state index is 7.41. The number of rotatable bonds is 15. The molecule has 0 bridgehead atoms. The summed E-state index contributed by atoms with van der Waals surface area (Å²) in [7, 11) is 0. The van der Waals surface area contributed by atoms with Crippen LogP contribution in [0.2, 0.25) is 0 Å². The van der Waals surface area contributed by atoms with Crippen molar-refractivity contribution < 1.29 is 28.4 Å². The highest BCUT2D eigenvalue weighted by atomic mass is 32.1. The third kappa shape index (κ3) is 8.31. The van der Waals surface area contributed by atoms with Crippen molar-refractivity contribution in [2.75, 3.05) is 6.61 Å². The van der Waals surface area contributed by atoms with E-state index in [2.05, 4.69) is 97.2 Å². The van der Waals surface area contributed by atoms with Gasteiger partial charge < -0.3 is 28.4 Å². The fourth-order valence-electron chi connectivity index (χ4n) is 8.14. The van der Waals surface area contributed by atoms with Crippen LogP contribution in [0.25, 0.3) is 21.2 Å².